The van der Waals surface area contributed by atoms with Gasteiger partial charge in [-0.15, -0.1) is 0 Å². The van der Waals surface area contributed by atoms with Crippen LogP contribution in [0.4, 0.5) is 0 Å². The number of carbonyl (C=O) groups is 1. The molecule has 0 aliphatic carbocycles. The van der Waals surface area contributed by atoms with Crippen molar-refractivity contribution in [3.8, 4) is 23.0 Å². The van der Waals surface area contributed by atoms with Crippen LogP contribution in [0.15, 0.2) is 94.8 Å². The quantitative estimate of drug-likeness (QED) is 0.241. The SMILES string of the molecule is O=C(N/N=C/c1c(O)n(-c2ccccc2)c(=S)n(-c2ccccc2)c1=O)c1ccccc1O. The first-order valence-corrected chi connectivity index (χ1v) is 10.2. The third-order valence-corrected chi connectivity index (χ3v) is 5.17. The number of nitrogens with one attached hydrogen (secondary N) is 1. The van der Waals surface area contributed by atoms with Crippen molar-refractivity contribution in [2.24, 2.45) is 5.10 Å². The Labute approximate surface area is 193 Å². The molecule has 3 aromatic carbocycles. The van der Waals surface area contributed by atoms with E-state index in [1.807, 2.05) is 6.07 Å². The fraction of sp³-hybridized carbons (Fsp3) is 0. The number of nitrogens with zero attached hydrogens (tertiary/aromatic N) is 3. The molecule has 0 saturated heterocycles. The first-order chi connectivity index (χ1) is 16.0. The summed E-state index contributed by atoms with van der Waals surface area (Å²) < 4.78 is 2.68. The number of amides is 1. The normalized spacial score (nSPS) is 10.9. The van der Waals surface area contributed by atoms with Gasteiger partial charge in [-0.1, -0.05) is 48.5 Å². The fourth-order valence-electron chi connectivity index (χ4n) is 3.22. The number of para-hydroxylation sites is 3. The molecule has 0 spiro atoms. The zero-order valence-electron chi connectivity index (χ0n) is 17.1. The highest BCUT2D eigenvalue weighted by Crippen LogP contribution is 2.21. The van der Waals surface area contributed by atoms with Crippen molar-refractivity contribution < 1.29 is 15.0 Å². The van der Waals surface area contributed by atoms with Crippen molar-refractivity contribution in [1.82, 2.24) is 14.6 Å². The Hall–Kier alpha value is -4.50. The minimum Gasteiger partial charge on any atom is -0.507 e. The van der Waals surface area contributed by atoms with Crippen molar-refractivity contribution in [3.63, 3.8) is 0 Å². The van der Waals surface area contributed by atoms with Crippen molar-refractivity contribution in [2.75, 3.05) is 0 Å². The summed E-state index contributed by atoms with van der Waals surface area (Å²) in [7, 11) is 0. The number of hydrogen-bond acceptors (Lipinski definition) is 6. The van der Waals surface area contributed by atoms with E-state index in [9.17, 15) is 19.8 Å². The molecule has 4 aromatic rings. The first kappa shape index (κ1) is 21.7. The van der Waals surface area contributed by atoms with Gasteiger partial charge in [-0.25, -0.2) is 5.43 Å². The average Bonchev–Trinajstić information content (AvgIpc) is 2.83. The van der Waals surface area contributed by atoms with Crippen LogP contribution >= 0.6 is 12.2 Å². The highest BCUT2D eigenvalue weighted by Gasteiger charge is 2.18. The lowest BCUT2D eigenvalue weighted by Gasteiger charge is -2.16. The number of hydrazone groups is 1. The van der Waals surface area contributed by atoms with Gasteiger partial charge in [0, 0.05) is 0 Å². The maximum absolute atomic E-state index is 13.3. The summed E-state index contributed by atoms with van der Waals surface area (Å²) in [4.78, 5) is 25.6. The predicted octanol–water partition coefficient (Wildman–Crippen LogP) is 3.53. The second kappa shape index (κ2) is 9.33. The van der Waals surface area contributed by atoms with Gasteiger partial charge in [-0.3, -0.25) is 18.7 Å². The number of carbonyl (C=O) groups excluding carboxylic acids is 1. The summed E-state index contributed by atoms with van der Waals surface area (Å²) >= 11 is 5.55. The number of aromatic nitrogens is 2. The molecule has 1 amide bonds. The van der Waals surface area contributed by atoms with Gasteiger partial charge in [0.15, 0.2) is 4.77 Å². The molecule has 4 rings (SSSR count). The molecule has 3 N–H and O–H groups in total. The Morgan fingerprint density at radius 2 is 1.39 bits per heavy atom. The Balaban J connectivity index is 1.83. The van der Waals surface area contributed by atoms with Gasteiger partial charge in [0.25, 0.3) is 11.5 Å². The molecule has 0 unspecified atom stereocenters. The van der Waals surface area contributed by atoms with E-state index in [1.165, 1.54) is 21.3 Å². The Bertz CT molecular complexity index is 1460. The predicted molar refractivity (Wildman–Crippen MR) is 127 cm³/mol. The molecule has 1 aromatic heterocycles. The van der Waals surface area contributed by atoms with Crippen LogP contribution in [0, 0.1) is 4.77 Å². The van der Waals surface area contributed by atoms with Gasteiger partial charge in [-0.05, 0) is 48.6 Å². The maximum Gasteiger partial charge on any atom is 0.275 e. The molecular weight excluding hydrogens is 440 g/mol. The van der Waals surface area contributed by atoms with Crippen molar-refractivity contribution in [1.29, 1.82) is 0 Å². The fourth-order valence-corrected chi connectivity index (χ4v) is 3.60. The van der Waals surface area contributed by atoms with E-state index in [0.717, 1.165) is 6.21 Å². The van der Waals surface area contributed by atoms with Gasteiger partial charge >= 0.3 is 0 Å². The third-order valence-electron chi connectivity index (χ3n) is 4.81. The van der Waals surface area contributed by atoms with Crippen molar-refractivity contribution >= 4 is 24.3 Å². The van der Waals surface area contributed by atoms with Gasteiger partial charge < -0.3 is 10.2 Å². The van der Waals surface area contributed by atoms with Crippen LogP contribution in [-0.4, -0.2) is 31.5 Å². The van der Waals surface area contributed by atoms with Crippen LogP contribution in [0.2, 0.25) is 0 Å². The van der Waals surface area contributed by atoms with E-state index in [4.69, 9.17) is 12.2 Å². The van der Waals surface area contributed by atoms with E-state index in [-0.39, 0.29) is 21.6 Å². The molecule has 0 bridgehead atoms. The van der Waals surface area contributed by atoms with Gasteiger partial charge in [-0.2, -0.15) is 5.10 Å². The Morgan fingerprint density at radius 3 is 2.00 bits per heavy atom. The second-order valence-corrected chi connectivity index (χ2v) is 7.25. The summed E-state index contributed by atoms with van der Waals surface area (Å²) in [5, 5.41) is 24.6. The summed E-state index contributed by atoms with van der Waals surface area (Å²) in [6.07, 6.45) is 1.04. The van der Waals surface area contributed by atoms with Crippen LogP contribution in [0.5, 0.6) is 11.6 Å². The van der Waals surface area contributed by atoms with Crippen LogP contribution < -0.4 is 11.0 Å². The number of benzene rings is 3. The second-order valence-electron chi connectivity index (χ2n) is 6.88. The molecule has 8 nitrogen and oxygen atoms in total. The number of hydrogen-bond donors (Lipinski definition) is 3. The lowest BCUT2D eigenvalue weighted by atomic mass is 10.2. The minimum absolute atomic E-state index is 0.0147. The smallest absolute Gasteiger partial charge is 0.275 e. The molecule has 0 radical (unpaired) electrons. The van der Waals surface area contributed by atoms with E-state index in [2.05, 4.69) is 10.5 Å². The molecule has 164 valence electrons. The molecular formula is C24H18N4O4S. The van der Waals surface area contributed by atoms with E-state index in [1.54, 1.807) is 66.7 Å². The lowest BCUT2D eigenvalue weighted by molar-refractivity contribution is 0.0952. The minimum atomic E-state index is -0.678. The van der Waals surface area contributed by atoms with Gasteiger partial charge in [0.1, 0.15) is 11.3 Å². The summed E-state index contributed by atoms with van der Waals surface area (Å²) in [5.41, 5.74) is 2.51. The lowest BCUT2D eigenvalue weighted by Crippen LogP contribution is -2.27. The van der Waals surface area contributed by atoms with Crippen molar-refractivity contribution in [3.05, 3.63) is 111 Å². The Kier molecular flexibility index (Phi) is 6.14. The zero-order valence-corrected chi connectivity index (χ0v) is 17.9. The van der Waals surface area contributed by atoms with Crippen molar-refractivity contribution in [2.45, 2.75) is 0 Å². The monoisotopic (exact) mass is 458 g/mol. The van der Waals surface area contributed by atoms with Crippen LogP contribution in [-0.2, 0) is 0 Å². The summed E-state index contributed by atoms with van der Waals surface area (Å²) in [6, 6.07) is 23.5. The molecule has 0 fully saturated rings. The van der Waals surface area contributed by atoms with Crippen LogP contribution in [0.1, 0.15) is 15.9 Å². The molecule has 1 heterocycles. The molecule has 0 atom stereocenters. The number of aromatic hydroxyl groups is 2. The number of rotatable bonds is 5. The number of phenols is 1. The summed E-state index contributed by atoms with van der Waals surface area (Å²) in [5.74, 6) is -1.32. The standard InChI is InChI=1S/C24H18N4O4S/c29-20-14-8-7-13-18(20)21(30)26-25-15-19-22(31)27(16-9-3-1-4-10-16)24(33)28(23(19)32)17-11-5-2-6-12-17/h1-15,29,31H,(H,26,30)/b25-15+. The highest BCUT2D eigenvalue weighted by molar-refractivity contribution is 7.71. The molecule has 0 saturated carbocycles. The van der Waals surface area contributed by atoms with Gasteiger partial charge in [0.05, 0.1) is 23.2 Å². The molecule has 0 aliphatic heterocycles. The highest BCUT2D eigenvalue weighted by atomic mass is 32.1. The molecule has 0 aliphatic rings. The van der Waals surface area contributed by atoms with E-state index >= 15 is 0 Å². The largest absolute Gasteiger partial charge is 0.507 e. The molecule has 9 heteroatoms. The first-order valence-electron chi connectivity index (χ1n) is 9.82. The number of phenolic OH excluding ortho intramolecular Hbond substituents is 1. The average molecular weight is 458 g/mol. The van der Waals surface area contributed by atoms with E-state index in [0.29, 0.717) is 11.4 Å². The Morgan fingerprint density at radius 1 is 0.848 bits per heavy atom. The zero-order chi connectivity index (χ0) is 23.4. The third kappa shape index (κ3) is 4.30. The molecule has 33 heavy (non-hydrogen) atoms. The van der Waals surface area contributed by atoms with Crippen LogP contribution in [0.3, 0.4) is 0 Å². The van der Waals surface area contributed by atoms with Crippen LogP contribution in [0.25, 0.3) is 11.4 Å². The van der Waals surface area contributed by atoms with E-state index < -0.39 is 17.3 Å². The summed E-state index contributed by atoms with van der Waals surface area (Å²) in [6.45, 7) is 0. The maximum atomic E-state index is 13.3. The van der Waals surface area contributed by atoms with Gasteiger partial charge in [0.2, 0.25) is 5.88 Å². The topological polar surface area (TPSA) is 109 Å².